The molecule has 2 N–H and O–H groups in total. The summed E-state index contributed by atoms with van der Waals surface area (Å²) < 4.78 is 5.25. The van der Waals surface area contributed by atoms with Crippen LogP contribution in [0.1, 0.15) is 31.4 Å². The van der Waals surface area contributed by atoms with E-state index >= 15 is 0 Å². The molecule has 1 aliphatic rings. The van der Waals surface area contributed by atoms with Crippen LogP contribution in [0.3, 0.4) is 0 Å². The number of ether oxygens (including phenoxy) is 1. The van der Waals surface area contributed by atoms with E-state index in [0.717, 1.165) is 5.56 Å². The number of hydrogen-bond donors (Lipinski definition) is 2. The van der Waals surface area contributed by atoms with Gasteiger partial charge in [0.2, 0.25) is 5.91 Å². The van der Waals surface area contributed by atoms with Crippen molar-refractivity contribution in [2.45, 2.75) is 25.8 Å². The molecule has 21 heavy (non-hydrogen) atoms. The first kappa shape index (κ1) is 15.5. The maximum absolute atomic E-state index is 12.3. The van der Waals surface area contributed by atoms with Crippen molar-refractivity contribution in [3.05, 3.63) is 35.9 Å². The number of carbonyl (C=O) groups excluding carboxylic acids is 1. The summed E-state index contributed by atoms with van der Waals surface area (Å²) in [5, 5.41) is 12.2. The molecule has 0 radical (unpaired) electrons. The van der Waals surface area contributed by atoms with Crippen molar-refractivity contribution in [2.24, 2.45) is 11.8 Å². The lowest BCUT2D eigenvalue weighted by molar-refractivity contribution is -0.142. The molecule has 5 nitrogen and oxygen atoms in total. The third-order valence-electron chi connectivity index (χ3n) is 3.94. The van der Waals surface area contributed by atoms with E-state index in [1.165, 1.54) is 0 Å². The monoisotopic (exact) mass is 291 g/mol. The average Bonchev–Trinajstić information content (AvgIpc) is 2.53. The third kappa shape index (κ3) is 4.04. The molecule has 0 aromatic heterocycles. The second-order valence-electron chi connectivity index (χ2n) is 5.41. The minimum absolute atomic E-state index is 0.0831. The van der Waals surface area contributed by atoms with Crippen LogP contribution in [0.4, 0.5) is 0 Å². The predicted octanol–water partition coefficient (Wildman–Crippen LogP) is 1.99. The normalized spacial score (nSPS) is 18.7. The van der Waals surface area contributed by atoms with Gasteiger partial charge < -0.3 is 15.2 Å². The molecular formula is C16H21NO4. The van der Waals surface area contributed by atoms with Gasteiger partial charge in [-0.05, 0) is 25.3 Å². The van der Waals surface area contributed by atoms with Crippen LogP contribution < -0.4 is 5.32 Å². The Hall–Kier alpha value is -1.88. The molecule has 2 atom stereocenters. The Bertz CT molecular complexity index is 482. The predicted molar refractivity (Wildman–Crippen MR) is 77.7 cm³/mol. The Morgan fingerprint density at radius 3 is 2.43 bits per heavy atom. The summed E-state index contributed by atoms with van der Waals surface area (Å²) in [6, 6.07) is 8.73. The van der Waals surface area contributed by atoms with Gasteiger partial charge in [0.05, 0.1) is 12.0 Å². The lowest BCUT2D eigenvalue weighted by Gasteiger charge is -2.27. The SMILES string of the molecule is CC(C(=O)O)C(NC(=O)C1CCOCC1)c1ccccc1. The largest absolute Gasteiger partial charge is 0.481 e. The highest BCUT2D eigenvalue weighted by atomic mass is 16.5. The van der Waals surface area contributed by atoms with Crippen LogP contribution >= 0.6 is 0 Å². The van der Waals surface area contributed by atoms with E-state index in [0.29, 0.717) is 26.1 Å². The first-order chi connectivity index (χ1) is 10.1. The summed E-state index contributed by atoms with van der Waals surface area (Å²) in [6.45, 7) is 2.79. The van der Waals surface area contributed by atoms with Crippen LogP contribution in [-0.4, -0.2) is 30.2 Å². The molecular weight excluding hydrogens is 270 g/mol. The van der Waals surface area contributed by atoms with Gasteiger partial charge in [0, 0.05) is 19.1 Å². The van der Waals surface area contributed by atoms with E-state index in [4.69, 9.17) is 4.74 Å². The van der Waals surface area contributed by atoms with Gasteiger partial charge in [0.1, 0.15) is 0 Å². The van der Waals surface area contributed by atoms with Crippen LogP contribution in [0.2, 0.25) is 0 Å². The fourth-order valence-corrected chi connectivity index (χ4v) is 2.53. The number of amides is 1. The highest BCUT2D eigenvalue weighted by molar-refractivity contribution is 5.80. The van der Waals surface area contributed by atoms with Crippen molar-refractivity contribution in [2.75, 3.05) is 13.2 Å². The number of aliphatic carboxylic acids is 1. The fourth-order valence-electron chi connectivity index (χ4n) is 2.53. The lowest BCUT2D eigenvalue weighted by Crippen LogP contribution is -2.40. The zero-order valence-corrected chi connectivity index (χ0v) is 12.1. The quantitative estimate of drug-likeness (QED) is 0.870. The molecule has 2 rings (SSSR count). The molecule has 1 fully saturated rings. The summed E-state index contributed by atoms with van der Waals surface area (Å²) >= 11 is 0. The summed E-state index contributed by atoms with van der Waals surface area (Å²) in [6.07, 6.45) is 1.38. The van der Waals surface area contributed by atoms with Gasteiger partial charge in [0.15, 0.2) is 0 Å². The van der Waals surface area contributed by atoms with Crippen LogP contribution in [0, 0.1) is 11.8 Å². The Morgan fingerprint density at radius 1 is 1.24 bits per heavy atom. The number of rotatable bonds is 5. The minimum atomic E-state index is -0.920. The molecule has 5 heteroatoms. The molecule has 0 spiro atoms. The van der Waals surface area contributed by atoms with Crippen molar-refractivity contribution in [1.82, 2.24) is 5.32 Å². The van der Waals surface area contributed by atoms with Crippen LogP contribution in [0.25, 0.3) is 0 Å². The zero-order chi connectivity index (χ0) is 15.2. The molecule has 1 aromatic carbocycles. The number of carboxylic acids is 1. The number of carboxylic acid groups (broad SMARTS) is 1. The number of benzene rings is 1. The molecule has 0 saturated carbocycles. The van der Waals surface area contributed by atoms with E-state index < -0.39 is 17.9 Å². The maximum Gasteiger partial charge on any atom is 0.308 e. The van der Waals surface area contributed by atoms with Crippen LogP contribution in [0.5, 0.6) is 0 Å². The Labute approximate surface area is 124 Å². The van der Waals surface area contributed by atoms with Gasteiger partial charge in [-0.15, -0.1) is 0 Å². The summed E-state index contributed by atoms with van der Waals surface area (Å²) in [7, 11) is 0. The molecule has 0 aliphatic carbocycles. The first-order valence-electron chi connectivity index (χ1n) is 7.25. The van der Waals surface area contributed by atoms with Crippen molar-refractivity contribution in [3.8, 4) is 0 Å². The van der Waals surface area contributed by atoms with E-state index in [1.807, 2.05) is 30.3 Å². The Kier molecular flexibility index (Phi) is 5.33. The summed E-state index contributed by atoms with van der Waals surface area (Å²) in [5.74, 6) is -1.78. The molecule has 0 bridgehead atoms. The topological polar surface area (TPSA) is 75.6 Å². The smallest absolute Gasteiger partial charge is 0.308 e. The first-order valence-corrected chi connectivity index (χ1v) is 7.25. The standard InChI is InChI=1S/C16H21NO4/c1-11(16(19)20)14(12-5-3-2-4-6-12)17-15(18)13-7-9-21-10-8-13/h2-6,11,13-14H,7-10H2,1H3,(H,17,18)(H,19,20). The van der Waals surface area contributed by atoms with Gasteiger partial charge in [-0.2, -0.15) is 0 Å². The van der Waals surface area contributed by atoms with E-state index in [1.54, 1.807) is 6.92 Å². The molecule has 1 aromatic rings. The highest BCUT2D eigenvalue weighted by Crippen LogP contribution is 2.24. The van der Waals surface area contributed by atoms with Gasteiger partial charge in [-0.25, -0.2) is 0 Å². The van der Waals surface area contributed by atoms with Crippen molar-refractivity contribution in [1.29, 1.82) is 0 Å². The minimum Gasteiger partial charge on any atom is -0.481 e. The maximum atomic E-state index is 12.3. The lowest BCUT2D eigenvalue weighted by atomic mass is 9.92. The molecule has 1 amide bonds. The second kappa shape index (κ2) is 7.22. The summed E-state index contributed by atoms with van der Waals surface area (Å²) in [5.41, 5.74) is 0.813. The molecule has 1 aliphatic heterocycles. The Morgan fingerprint density at radius 2 is 1.86 bits per heavy atom. The third-order valence-corrected chi connectivity index (χ3v) is 3.94. The average molecular weight is 291 g/mol. The van der Waals surface area contributed by atoms with Crippen LogP contribution in [-0.2, 0) is 14.3 Å². The van der Waals surface area contributed by atoms with Gasteiger partial charge in [-0.3, -0.25) is 9.59 Å². The van der Waals surface area contributed by atoms with E-state index in [2.05, 4.69) is 5.32 Å². The zero-order valence-electron chi connectivity index (χ0n) is 12.1. The van der Waals surface area contributed by atoms with E-state index in [9.17, 15) is 14.7 Å². The Balaban J connectivity index is 2.12. The number of nitrogens with one attached hydrogen (secondary N) is 1. The highest BCUT2D eigenvalue weighted by Gasteiger charge is 2.30. The fraction of sp³-hybridized carbons (Fsp3) is 0.500. The second-order valence-corrected chi connectivity index (χ2v) is 5.41. The number of carbonyl (C=O) groups is 2. The van der Waals surface area contributed by atoms with Gasteiger partial charge in [-0.1, -0.05) is 30.3 Å². The van der Waals surface area contributed by atoms with Gasteiger partial charge >= 0.3 is 5.97 Å². The molecule has 1 heterocycles. The van der Waals surface area contributed by atoms with Crippen molar-refractivity contribution < 1.29 is 19.4 Å². The molecule has 114 valence electrons. The van der Waals surface area contributed by atoms with Crippen molar-refractivity contribution >= 4 is 11.9 Å². The van der Waals surface area contributed by atoms with E-state index in [-0.39, 0.29) is 11.8 Å². The molecule has 1 saturated heterocycles. The van der Waals surface area contributed by atoms with Gasteiger partial charge in [0.25, 0.3) is 0 Å². The van der Waals surface area contributed by atoms with Crippen molar-refractivity contribution in [3.63, 3.8) is 0 Å². The number of hydrogen-bond acceptors (Lipinski definition) is 3. The molecule has 2 unspecified atom stereocenters. The van der Waals surface area contributed by atoms with Crippen LogP contribution in [0.15, 0.2) is 30.3 Å². The summed E-state index contributed by atoms with van der Waals surface area (Å²) in [4.78, 5) is 23.6.